The zero-order valence-corrected chi connectivity index (χ0v) is 12.8. The molecule has 1 heterocycles. The molecule has 1 aromatic rings. The van der Waals surface area contributed by atoms with Gasteiger partial charge in [-0.3, -0.25) is 10.2 Å². The Morgan fingerprint density at radius 3 is 2.32 bits per heavy atom. The first kappa shape index (κ1) is 16.3. The minimum Gasteiger partial charge on any atom is -0.482 e. The molecule has 0 saturated heterocycles. The van der Waals surface area contributed by atoms with Crippen molar-refractivity contribution in [3.63, 3.8) is 0 Å². The highest BCUT2D eigenvalue weighted by atomic mass is 16.5. The summed E-state index contributed by atoms with van der Waals surface area (Å²) in [4.78, 5) is 14.9. The number of carboxylic acid groups (broad SMARTS) is 1. The number of aliphatic hydroxyl groups excluding tert-OH is 1. The first-order valence-electron chi connectivity index (χ1n) is 6.86. The minimum atomic E-state index is -1.05. The van der Waals surface area contributed by atoms with Gasteiger partial charge in [0, 0.05) is 5.56 Å². The van der Waals surface area contributed by atoms with Gasteiger partial charge >= 0.3 is 5.97 Å². The Morgan fingerprint density at radius 1 is 1.27 bits per heavy atom. The second kappa shape index (κ2) is 5.58. The van der Waals surface area contributed by atoms with E-state index in [0.717, 1.165) is 5.06 Å². The van der Waals surface area contributed by atoms with E-state index in [2.05, 4.69) is 4.99 Å². The van der Waals surface area contributed by atoms with Crippen LogP contribution in [-0.4, -0.2) is 56.6 Å². The quantitative estimate of drug-likeness (QED) is 0.753. The summed E-state index contributed by atoms with van der Waals surface area (Å²) in [5.74, 6) is -0.281. The second-order valence-electron chi connectivity index (χ2n) is 5.94. The van der Waals surface area contributed by atoms with Gasteiger partial charge in [0.25, 0.3) is 0 Å². The monoisotopic (exact) mass is 308 g/mol. The van der Waals surface area contributed by atoms with Gasteiger partial charge < -0.3 is 14.9 Å². The van der Waals surface area contributed by atoms with Crippen molar-refractivity contribution >= 4 is 11.8 Å². The third-order valence-corrected chi connectivity index (χ3v) is 4.18. The number of ether oxygens (including phenoxy) is 1. The molecule has 1 unspecified atom stereocenters. The van der Waals surface area contributed by atoms with Gasteiger partial charge in [-0.2, -0.15) is 0 Å². The topological polar surface area (TPSA) is 103 Å². The lowest BCUT2D eigenvalue weighted by atomic mass is 9.83. The predicted octanol–water partition coefficient (Wildman–Crippen LogP) is 1.13. The Bertz CT molecular complexity index is 596. The molecule has 0 spiro atoms. The number of hydroxylamine groups is 2. The predicted molar refractivity (Wildman–Crippen MR) is 79.3 cm³/mol. The molecular formula is C15H20N2O5. The molecule has 0 aromatic heterocycles. The SMILES string of the molecule is CC1(CO)N=C(c2ccc(OCC(=O)O)cc2)N(O)C1(C)C. The summed E-state index contributed by atoms with van der Waals surface area (Å²) in [6.07, 6.45) is 0. The van der Waals surface area contributed by atoms with Crippen LogP contribution in [0.4, 0.5) is 0 Å². The molecule has 0 radical (unpaired) electrons. The lowest BCUT2D eigenvalue weighted by molar-refractivity contribution is -0.139. The van der Waals surface area contributed by atoms with Gasteiger partial charge in [0.15, 0.2) is 12.4 Å². The summed E-state index contributed by atoms with van der Waals surface area (Å²) in [5.41, 5.74) is -0.930. The number of amidine groups is 1. The van der Waals surface area contributed by atoms with Gasteiger partial charge in [-0.15, -0.1) is 0 Å². The fourth-order valence-corrected chi connectivity index (χ4v) is 2.17. The number of hydrogen-bond donors (Lipinski definition) is 3. The first-order valence-corrected chi connectivity index (χ1v) is 6.86. The largest absolute Gasteiger partial charge is 0.482 e. The molecule has 1 aliphatic heterocycles. The van der Waals surface area contributed by atoms with Crippen LogP contribution in [0.1, 0.15) is 26.3 Å². The van der Waals surface area contributed by atoms with Crippen molar-refractivity contribution < 1.29 is 25.0 Å². The molecule has 22 heavy (non-hydrogen) atoms. The molecule has 1 atom stereocenters. The molecule has 0 fully saturated rings. The summed E-state index contributed by atoms with van der Waals surface area (Å²) in [6.45, 7) is 4.75. The van der Waals surface area contributed by atoms with Gasteiger partial charge in [-0.25, -0.2) is 9.86 Å². The van der Waals surface area contributed by atoms with E-state index in [1.807, 2.05) is 0 Å². The van der Waals surface area contributed by atoms with E-state index < -0.39 is 23.7 Å². The van der Waals surface area contributed by atoms with Crippen molar-refractivity contribution in [1.82, 2.24) is 5.06 Å². The number of rotatable bonds is 5. The average Bonchev–Trinajstić information content (AvgIpc) is 2.67. The van der Waals surface area contributed by atoms with Crippen LogP contribution in [0.2, 0.25) is 0 Å². The molecule has 1 aromatic carbocycles. The number of carbonyl (C=O) groups is 1. The highest BCUT2D eigenvalue weighted by Gasteiger charge is 2.51. The van der Waals surface area contributed by atoms with Crippen molar-refractivity contribution in [2.24, 2.45) is 4.99 Å². The Balaban J connectivity index is 2.25. The molecule has 0 amide bonds. The zero-order chi connectivity index (χ0) is 16.5. The normalized spacial score (nSPS) is 23.3. The maximum absolute atomic E-state index is 10.5. The molecule has 0 aliphatic carbocycles. The standard InChI is InChI=1S/C15H20N2O5/c1-14(2)15(3,9-18)16-13(17(14)21)10-4-6-11(7-5-10)22-8-12(19)20/h4-7,18,21H,8-9H2,1-3H3,(H,19,20). The van der Waals surface area contributed by atoms with Crippen LogP contribution in [0.25, 0.3) is 0 Å². The Hall–Kier alpha value is -2.12. The van der Waals surface area contributed by atoms with E-state index >= 15 is 0 Å². The third kappa shape index (κ3) is 2.65. The summed E-state index contributed by atoms with van der Waals surface area (Å²) in [7, 11) is 0. The summed E-state index contributed by atoms with van der Waals surface area (Å²) in [6, 6.07) is 6.57. The first-order chi connectivity index (χ1) is 10.2. The highest BCUT2D eigenvalue weighted by molar-refractivity contribution is 6.00. The number of aliphatic carboxylic acids is 1. The van der Waals surface area contributed by atoms with E-state index in [1.54, 1.807) is 45.0 Å². The number of aliphatic hydroxyl groups is 1. The fraction of sp³-hybridized carbons (Fsp3) is 0.467. The van der Waals surface area contributed by atoms with Crippen LogP contribution in [-0.2, 0) is 4.79 Å². The molecule has 0 saturated carbocycles. The van der Waals surface area contributed by atoms with Crippen molar-refractivity contribution in [2.75, 3.05) is 13.2 Å². The number of hydrogen-bond acceptors (Lipinski definition) is 6. The van der Waals surface area contributed by atoms with E-state index in [-0.39, 0.29) is 6.61 Å². The smallest absolute Gasteiger partial charge is 0.341 e. The number of benzene rings is 1. The Labute approximate surface area is 128 Å². The highest BCUT2D eigenvalue weighted by Crippen LogP contribution is 2.38. The van der Waals surface area contributed by atoms with Crippen molar-refractivity contribution in [3.8, 4) is 5.75 Å². The van der Waals surface area contributed by atoms with Gasteiger partial charge in [-0.1, -0.05) is 0 Å². The van der Waals surface area contributed by atoms with Crippen molar-refractivity contribution in [3.05, 3.63) is 29.8 Å². The lowest BCUT2D eigenvalue weighted by Gasteiger charge is -2.38. The van der Waals surface area contributed by atoms with Crippen LogP contribution in [0.3, 0.4) is 0 Å². The molecule has 0 bridgehead atoms. The molecule has 1 aliphatic rings. The van der Waals surface area contributed by atoms with Crippen LogP contribution < -0.4 is 4.74 Å². The summed E-state index contributed by atoms with van der Waals surface area (Å²) in [5, 5.41) is 29.6. The average molecular weight is 308 g/mol. The van der Waals surface area contributed by atoms with Crippen molar-refractivity contribution in [1.29, 1.82) is 0 Å². The number of aliphatic imine (C=N–C) groups is 1. The van der Waals surface area contributed by atoms with Crippen LogP contribution in [0.5, 0.6) is 5.75 Å². The van der Waals surface area contributed by atoms with E-state index in [4.69, 9.17) is 9.84 Å². The third-order valence-electron chi connectivity index (χ3n) is 4.18. The Morgan fingerprint density at radius 2 is 1.86 bits per heavy atom. The zero-order valence-electron chi connectivity index (χ0n) is 12.8. The van der Waals surface area contributed by atoms with Gasteiger partial charge in [0.2, 0.25) is 0 Å². The van der Waals surface area contributed by atoms with E-state index in [9.17, 15) is 15.1 Å². The van der Waals surface area contributed by atoms with Gasteiger partial charge in [0.05, 0.1) is 12.1 Å². The second-order valence-corrected chi connectivity index (χ2v) is 5.94. The lowest BCUT2D eigenvalue weighted by Crippen LogP contribution is -2.54. The Kier molecular flexibility index (Phi) is 4.12. The molecule has 3 N–H and O–H groups in total. The van der Waals surface area contributed by atoms with E-state index in [1.165, 1.54) is 0 Å². The van der Waals surface area contributed by atoms with Gasteiger partial charge in [0.1, 0.15) is 11.3 Å². The maximum Gasteiger partial charge on any atom is 0.341 e. The van der Waals surface area contributed by atoms with Crippen LogP contribution in [0.15, 0.2) is 29.3 Å². The van der Waals surface area contributed by atoms with Gasteiger partial charge in [-0.05, 0) is 45.0 Å². The van der Waals surface area contributed by atoms with Crippen molar-refractivity contribution in [2.45, 2.75) is 31.8 Å². The summed E-state index contributed by atoms with van der Waals surface area (Å²) >= 11 is 0. The maximum atomic E-state index is 10.5. The molecule has 120 valence electrons. The van der Waals surface area contributed by atoms with E-state index in [0.29, 0.717) is 17.1 Å². The summed E-state index contributed by atoms with van der Waals surface area (Å²) < 4.78 is 5.06. The number of nitrogens with zero attached hydrogens (tertiary/aromatic N) is 2. The van der Waals surface area contributed by atoms with Crippen LogP contribution >= 0.6 is 0 Å². The minimum absolute atomic E-state index is 0.194. The molecule has 7 heteroatoms. The molecule has 2 rings (SSSR count). The van der Waals surface area contributed by atoms with Crippen LogP contribution in [0, 0.1) is 0 Å². The fourth-order valence-electron chi connectivity index (χ4n) is 2.17. The molecule has 7 nitrogen and oxygen atoms in total. The number of carboxylic acids is 1. The molecular weight excluding hydrogens is 288 g/mol.